The van der Waals surface area contributed by atoms with Crippen molar-refractivity contribution in [3.63, 3.8) is 0 Å². The second kappa shape index (κ2) is 22.0. The Morgan fingerprint density at radius 2 is 1.11 bits per heavy atom. The van der Waals surface area contributed by atoms with Crippen LogP contribution < -0.4 is 5.90 Å². The lowest BCUT2D eigenvalue weighted by Crippen LogP contribution is -2.27. The highest BCUT2D eigenvalue weighted by Gasteiger charge is 2.34. The number of Topliss-reactive ketones (excluding diaryl/α,β-unsaturated/α-hetero) is 1. The van der Waals surface area contributed by atoms with Crippen LogP contribution in [0.4, 0.5) is 0 Å². The standard InChI is InChI=1S/C24H29N3O4.C17H24O3.C7H7N3O2.ClH/c1-15-10-20(18-6-8-24(3,14-28)9-7-18)19(12-23(15)29)16(2)25-30-13-17-4-5-21-22(11-17)27-31-26-21;1-11-8-15(14(12(2)19)9-16(11)20)13-4-6-17(3,10-18)7-5-13;8-11-4-5-1-2-6-7(3-5)10-12-9-6;/h4-5,10-12,18,28-29H,6-9,13-14H2,1-3H3;8-9,13,18,20H,4-7,10H2,1-3H3;1-3H,4,8H2;1H. The number of phenolic OH excluding ortho intramolecular Hbond substituents is 2. The van der Waals surface area contributed by atoms with Gasteiger partial charge >= 0.3 is 0 Å². The minimum absolute atomic E-state index is 0. The Kier molecular flexibility index (Phi) is 17.0. The topological polar surface area (TPSA) is 233 Å². The zero-order valence-corrected chi connectivity index (χ0v) is 38.3. The van der Waals surface area contributed by atoms with E-state index in [1.165, 1.54) is 5.56 Å². The van der Waals surface area contributed by atoms with Gasteiger partial charge < -0.3 is 25.3 Å². The van der Waals surface area contributed by atoms with E-state index in [9.17, 15) is 25.2 Å². The van der Waals surface area contributed by atoms with Gasteiger partial charge in [-0.3, -0.25) is 9.63 Å². The number of aliphatic hydroxyl groups is 2. The molecule has 0 radical (unpaired) electrons. The number of aromatic nitrogens is 4. The molecule has 0 spiro atoms. The molecule has 6 N–H and O–H groups in total. The first kappa shape index (κ1) is 49.6. The average molecular weight is 902 g/mol. The maximum Gasteiger partial charge on any atom is 0.160 e. The lowest BCUT2D eigenvalue weighted by molar-refractivity contribution is 0.0926. The molecule has 2 aliphatic carbocycles. The van der Waals surface area contributed by atoms with Crippen LogP contribution in [0.25, 0.3) is 22.1 Å². The van der Waals surface area contributed by atoms with E-state index in [2.05, 4.69) is 55.2 Å². The summed E-state index contributed by atoms with van der Waals surface area (Å²) in [5.41, 5.74) is 10.9. The highest BCUT2D eigenvalue weighted by molar-refractivity contribution is 6.00. The quantitative estimate of drug-likeness (QED) is 0.0463. The number of halogens is 1. The van der Waals surface area contributed by atoms with Crippen LogP contribution in [0.15, 0.2) is 75.1 Å². The van der Waals surface area contributed by atoms with Gasteiger partial charge in [0.1, 0.15) is 40.2 Å². The summed E-state index contributed by atoms with van der Waals surface area (Å²) in [4.78, 5) is 21.9. The third-order valence-electron chi connectivity index (χ3n) is 12.9. The summed E-state index contributed by atoms with van der Waals surface area (Å²) in [6.07, 6.45) is 7.92. The first-order valence-electron chi connectivity index (χ1n) is 21.5. The number of aromatic hydroxyl groups is 2. The molecule has 2 aromatic heterocycles. The highest BCUT2D eigenvalue weighted by Crippen LogP contribution is 2.45. The molecule has 2 aliphatic rings. The maximum atomic E-state index is 11.8. The van der Waals surface area contributed by atoms with Crippen molar-refractivity contribution in [1.29, 1.82) is 0 Å². The number of nitrogens with two attached hydrogens (primary N) is 1. The van der Waals surface area contributed by atoms with Gasteiger partial charge in [-0.2, -0.15) is 0 Å². The first-order valence-corrected chi connectivity index (χ1v) is 21.5. The van der Waals surface area contributed by atoms with Crippen molar-refractivity contribution in [1.82, 2.24) is 20.6 Å². The van der Waals surface area contributed by atoms with E-state index < -0.39 is 0 Å². The number of carbonyl (C=O) groups excluding carboxylic acids is 1. The summed E-state index contributed by atoms with van der Waals surface area (Å²) in [5, 5.41) is 58.6. The Morgan fingerprint density at radius 1 is 0.688 bits per heavy atom. The van der Waals surface area contributed by atoms with Crippen molar-refractivity contribution < 1.29 is 44.2 Å². The van der Waals surface area contributed by atoms with Crippen molar-refractivity contribution in [3.8, 4) is 11.5 Å². The molecule has 344 valence electrons. The predicted octanol–water partition coefficient (Wildman–Crippen LogP) is 9.43. The summed E-state index contributed by atoms with van der Waals surface area (Å²) in [7, 11) is 0. The third-order valence-corrected chi connectivity index (χ3v) is 12.9. The smallest absolute Gasteiger partial charge is 0.160 e. The van der Waals surface area contributed by atoms with Crippen molar-refractivity contribution in [2.75, 3.05) is 13.2 Å². The van der Waals surface area contributed by atoms with Crippen molar-refractivity contribution in [2.45, 2.75) is 118 Å². The van der Waals surface area contributed by atoms with E-state index in [0.29, 0.717) is 47.2 Å². The molecule has 0 unspecified atom stereocenters. The second-order valence-electron chi connectivity index (χ2n) is 17.9. The summed E-state index contributed by atoms with van der Waals surface area (Å²) < 4.78 is 9.25. The number of nitrogens with zero attached hydrogens (tertiary/aromatic N) is 5. The van der Waals surface area contributed by atoms with Crippen LogP contribution in [0.1, 0.15) is 140 Å². The van der Waals surface area contributed by atoms with Gasteiger partial charge in [-0.05, 0) is 192 Å². The number of fused-ring (bicyclic) bond motifs is 2. The molecule has 0 atom stereocenters. The Bertz CT molecular complexity index is 2520. The highest BCUT2D eigenvalue weighted by atomic mass is 35.5. The molecule has 0 saturated heterocycles. The van der Waals surface area contributed by atoms with Crippen LogP contribution in [0, 0.1) is 24.7 Å². The van der Waals surface area contributed by atoms with E-state index in [1.54, 1.807) is 25.1 Å². The molecular weight excluding hydrogens is 840 g/mol. The molecule has 64 heavy (non-hydrogen) atoms. The summed E-state index contributed by atoms with van der Waals surface area (Å²) in [5.74, 6) is 6.10. The number of oxime groups is 1. The molecule has 8 rings (SSSR count). The molecule has 2 saturated carbocycles. The lowest BCUT2D eigenvalue weighted by atomic mass is 9.69. The zero-order valence-electron chi connectivity index (χ0n) is 37.5. The average Bonchev–Trinajstić information content (AvgIpc) is 3.96. The number of hydrogen-bond acceptors (Lipinski definition) is 15. The lowest BCUT2D eigenvalue weighted by Gasteiger charge is -2.36. The van der Waals surface area contributed by atoms with Crippen LogP contribution in [0.3, 0.4) is 0 Å². The molecule has 6 aromatic rings. The number of ketones is 1. The van der Waals surface area contributed by atoms with Gasteiger partial charge in [-0.1, -0.05) is 43.3 Å². The third kappa shape index (κ3) is 12.2. The van der Waals surface area contributed by atoms with E-state index in [4.69, 9.17) is 15.4 Å². The molecular formula is C48H61ClN6O9. The molecule has 0 amide bonds. The van der Waals surface area contributed by atoms with E-state index in [-0.39, 0.29) is 53.7 Å². The summed E-state index contributed by atoms with van der Waals surface area (Å²) in [6.45, 7) is 12.6. The monoisotopic (exact) mass is 900 g/mol. The van der Waals surface area contributed by atoms with Crippen LogP contribution >= 0.6 is 12.4 Å². The number of aliphatic hydroxyl groups excluding tert-OH is 2. The normalized spacial score (nSPS) is 21.0. The fraction of sp³-hybridized carbons (Fsp3) is 0.458. The molecule has 0 aliphatic heterocycles. The SMILES string of the molecule is CC(=NOCc1ccc2nonc2c1)c1cc(O)c(C)cc1C1CCC(C)(CO)CC1.CC(=O)c1cc(O)c(C)cc1C1CCC(C)(CO)CC1.Cl.NOCc1ccc2nonc2c1. The van der Waals surface area contributed by atoms with Gasteiger partial charge in [0, 0.05) is 24.3 Å². The van der Waals surface area contributed by atoms with Crippen LogP contribution in [-0.4, -0.2) is 65.8 Å². The van der Waals surface area contributed by atoms with Crippen LogP contribution in [0.2, 0.25) is 0 Å². The van der Waals surface area contributed by atoms with Gasteiger partial charge in [0.15, 0.2) is 5.78 Å². The van der Waals surface area contributed by atoms with Crippen LogP contribution in [0.5, 0.6) is 11.5 Å². The fourth-order valence-electron chi connectivity index (χ4n) is 8.48. The van der Waals surface area contributed by atoms with Gasteiger partial charge in [0.2, 0.25) is 0 Å². The minimum Gasteiger partial charge on any atom is -0.508 e. The minimum atomic E-state index is 0. The Morgan fingerprint density at radius 3 is 1.55 bits per heavy atom. The second-order valence-corrected chi connectivity index (χ2v) is 17.9. The maximum absolute atomic E-state index is 11.8. The number of hydrogen-bond donors (Lipinski definition) is 5. The van der Waals surface area contributed by atoms with Crippen LogP contribution in [-0.2, 0) is 22.9 Å². The Hall–Kier alpha value is -5.45. The molecule has 15 nitrogen and oxygen atoms in total. The fourth-order valence-corrected chi connectivity index (χ4v) is 8.48. The number of rotatable bonds is 11. The number of carbonyl (C=O) groups is 1. The number of benzene rings is 4. The summed E-state index contributed by atoms with van der Waals surface area (Å²) >= 11 is 0. The molecule has 0 bridgehead atoms. The number of phenols is 2. The van der Waals surface area contributed by atoms with Crippen molar-refractivity contribution in [2.24, 2.45) is 21.9 Å². The first-order chi connectivity index (χ1) is 30.1. The van der Waals surface area contributed by atoms with Crippen molar-refractivity contribution in [3.05, 3.63) is 105 Å². The van der Waals surface area contributed by atoms with E-state index in [0.717, 1.165) is 96.0 Å². The van der Waals surface area contributed by atoms with Gasteiger partial charge in [0.05, 0.1) is 12.3 Å². The molecule has 4 aromatic carbocycles. The molecule has 2 fully saturated rings. The van der Waals surface area contributed by atoms with E-state index in [1.807, 2.05) is 57.2 Å². The Balaban J connectivity index is 0.000000199. The summed E-state index contributed by atoms with van der Waals surface area (Å²) in [6, 6.07) is 18.5. The predicted molar refractivity (Wildman–Crippen MR) is 245 cm³/mol. The zero-order chi connectivity index (χ0) is 45.3. The largest absolute Gasteiger partial charge is 0.508 e. The van der Waals surface area contributed by atoms with Gasteiger partial charge in [-0.15, -0.1) is 12.4 Å². The van der Waals surface area contributed by atoms with E-state index >= 15 is 0 Å². The molecule has 16 heteroatoms. The Labute approximate surface area is 379 Å². The van der Waals surface area contributed by atoms with Crippen molar-refractivity contribution >= 4 is 46.0 Å². The van der Waals surface area contributed by atoms with Gasteiger partial charge in [0.25, 0.3) is 0 Å². The molecule has 2 heterocycles. The van der Waals surface area contributed by atoms with Gasteiger partial charge in [-0.25, -0.2) is 15.2 Å². The number of aryl methyl sites for hydroxylation is 2.